The highest BCUT2D eigenvalue weighted by molar-refractivity contribution is 7.91. The summed E-state index contributed by atoms with van der Waals surface area (Å²) in [5.41, 5.74) is 1.01. The van der Waals surface area contributed by atoms with Gasteiger partial charge in [-0.15, -0.1) is 0 Å². The van der Waals surface area contributed by atoms with Crippen molar-refractivity contribution in [3.05, 3.63) is 39.9 Å². The molecule has 0 bridgehead atoms. The average molecular weight is 354 g/mol. The molecule has 2 aliphatic heterocycles. The van der Waals surface area contributed by atoms with Crippen molar-refractivity contribution in [3.63, 3.8) is 0 Å². The summed E-state index contributed by atoms with van der Waals surface area (Å²) < 4.78 is 29.3. The summed E-state index contributed by atoms with van der Waals surface area (Å²) in [6.07, 6.45) is 2.82. The smallest absolute Gasteiger partial charge is 0.269 e. The van der Waals surface area contributed by atoms with Crippen molar-refractivity contribution in [3.8, 4) is 0 Å². The molecule has 2 aliphatic rings. The maximum atomic E-state index is 11.8. The first-order valence-corrected chi connectivity index (χ1v) is 10.0. The Morgan fingerprint density at radius 2 is 2.00 bits per heavy atom. The fourth-order valence-electron chi connectivity index (χ4n) is 3.41. The number of sulfone groups is 1. The van der Waals surface area contributed by atoms with Crippen molar-refractivity contribution in [2.24, 2.45) is 0 Å². The van der Waals surface area contributed by atoms with Gasteiger partial charge < -0.3 is 4.74 Å². The molecular weight excluding hydrogens is 332 g/mol. The molecule has 0 radical (unpaired) electrons. The molecule has 0 spiro atoms. The van der Waals surface area contributed by atoms with Crippen molar-refractivity contribution >= 4 is 15.5 Å². The predicted molar refractivity (Wildman–Crippen MR) is 89.5 cm³/mol. The molecule has 0 unspecified atom stereocenters. The van der Waals surface area contributed by atoms with Crippen LogP contribution in [0.5, 0.6) is 0 Å². The van der Waals surface area contributed by atoms with E-state index in [1.165, 1.54) is 12.1 Å². The molecular formula is C16H22N2O5S. The van der Waals surface area contributed by atoms with Crippen LogP contribution in [0.15, 0.2) is 24.3 Å². The summed E-state index contributed by atoms with van der Waals surface area (Å²) in [7, 11) is -2.96. The third-order valence-electron chi connectivity index (χ3n) is 4.72. The lowest BCUT2D eigenvalue weighted by Crippen LogP contribution is -2.40. The molecule has 0 amide bonds. The van der Waals surface area contributed by atoms with Gasteiger partial charge in [0, 0.05) is 37.9 Å². The predicted octanol–water partition coefficient (Wildman–Crippen LogP) is 1.76. The molecule has 8 heteroatoms. The van der Waals surface area contributed by atoms with Crippen molar-refractivity contribution in [1.29, 1.82) is 0 Å². The van der Waals surface area contributed by atoms with Gasteiger partial charge in [0.25, 0.3) is 5.69 Å². The van der Waals surface area contributed by atoms with Crippen molar-refractivity contribution in [2.45, 2.75) is 38.0 Å². The average Bonchev–Trinajstić information content (AvgIpc) is 3.16. The number of nitro benzene ring substituents is 1. The van der Waals surface area contributed by atoms with Gasteiger partial charge in [-0.05, 0) is 24.8 Å². The van der Waals surface area contributed by atoms with Gasteiger partial charge in [0.05, 0.1) is 22.5 Å². The summed E-state index contributed by atoms with van der Waals surface area (Å²) in [4.78, 5) is 12.5. The Kier molecular flexibility index (Phi) is 5.17. The van der Waals surface area contributed by atoms with Gasteiger partial charge in [-0.1, -0.05) is 12.1 Å². The maximum absolute atomic E-state index is 11.8. The quantitative estimate of drug-likeness (QED) is 0.571. The molecule has 1 aromatic rings. The molecule has 2 heterocycles. The topological polar surface area (TPSA) is 89.8 Å². The zero-order valence-corrected chi connectivity index (χ0v) is 14.3. The number of non-ortho nitro benzene ring substituents is 1. The minimum Gasteiger partial charge on any atom is -0.377 e. The first-order valence-electron chi connectivity index (χ1n) is 8.22. The highest BCUT2D eigenvalue weighted by Crippen LogP contribution is 2.23. The number of hydrogen-bond acceptors (Lipinski definition) is 6. The van der Waals surface area contributed by atoms with E-state index in [1.54, 1.807) is 12.1 Å². The fourth-order valence-corrected chi connectivity index (χ4v) is 5.18. The zero-order chi connectivity index (χ0) is 17.2. The standard InChI is InChI=1S/C16H22N2O5S/c19-18(20)14-5-3-13(4-6-14)10-17(11-16-2-1-8-23-16)15-7-9-24(21,22)12-15/h3-6,15-16H,1-2,7-12H2/t15-,16+/m1/s1. The van der Waals surface area contributed by atoms with E-state index >= 15 is 0 Å². The molecule has 0 aliphatic carbocycles. The van der Waals surface area contributed by atoms with E-state index < -0.39 is 14.8 Å². The first kappa shape index (κ1) is 17.3. The second-order valence-electron chi connectivity index (χ2n) is 6.54. The number of nitrogens with zero attached hydrogens (tertiary/aromatic N) is 2. The van der Waals surface area contributed by atoms with Gasteiger partial charge >= 0.3 is 0 Å². The van der Waals surface area contributed by atoms with E-state index in [1.807, 2.05) is 0 Å². The van der Waals surface area contributed by atoms with Crippen LogP contribution in [-0.4, -0.2) is 55.0 Å². The highest BCUT2D eigenvalue weighted by Gasteiger charge is 2.34. The van der Waals surface area contributed by atoms with E-state index in [0.29, 0.717) is 19.5 Å². The molecule has 24 heavy (non-hydrogen) atoms. The van der Waals surface area contributed by atoms with E-state index in [2.05, 4.69) is 4.90 Å². The summed E-state index contributed by atoms with van der Waals surface area (Å²) in [5, 5.41) is 10.8. The van der Waals surface area contributed by atoms with Crippen LogP contribution in [0.4, 0.5) is 5.69 Å². The Bertz CT molecular complexity index is 683. The Balaban J connectivity index is 1.72. The maximum Gasteiger partial charge on any atom is 0.269 e. The van der Waals surface area contributed by atoms with Crippen molar-refractivity contribution < 1.29 is 18.1 Å². The summed E-state index contributed by atoms with van der Waals surface area (Å²) in [6.45, 7) is 2.05. The Morgan fingerprint density at radius 3 is 2.54 bits per heavy atom. The Labute approximate surface area is 141 Å². The van der Waals surface area contributed by atoms with Crippen LogP contribution >= 0.6 is 0 Å². The second-order valence-corrected chi connectivity index (χ2v) is 8.77. The molecule has 132 valence electrons. The number of hydrogen-bond donors (Lipinski definition) is 0. The normalized spacial score (nSPS) is 26.0. The van der Waals surface area contributed by atoms with Crippen LogP contribution in [0.2, 0.25) is 0 Å². The van der Waals surface area contributed by atoms with E-state index in [0.717, 1.165) is 25.0 Å². The van der Waals surface area contributed by atoms with E-state index in [4.69, 9.17) is 4.74 Å². The van der Waals surface area contributed by atoms with Crippen LogP contribution in [0, 0.1) is 10.1 Å². The third-order valence-corrected chi connectivity index (χ3v) is 6.47. The molecule has 7 nitrogen and oxygen atoms in total. The molecule has 2 saturated heterocycles. The fraction of sp³-hybridized carbons (Fsp3) is 0.625. The molecule has 3 rings (SSSR count). The van der Waals surface area contributed by atoms with E-state index in [9.17, 15) is 18.5 Å². The summed E-state index contributed by atoms with van der Waals surface area (Å²) >= 11 is 0. The minimum atomic E-state index is -2.96. The number of nitro groups is 1. The molecule has 2 atom stereocenters. The first-order chi connectivity index (χ1) is 11.4. The number of ether oxygens (including phenoxy) is 1. The molecule has 0 N–H and O–H groups in total. The number of benzene rings is 1. The van der Waals surface area contributed by atoms with Gasteiger partial charge in [0.1, 0.15) is 0 Å². The third kappa shape index (κ3) is 4.31. The van der Waals surface area contributed by atoms with Gasteiger partial charge in [0.2, 0.25) is 0 Å². The van der Waals surface area contributed by atoms with Crippen LogP contribution in [0.3, 0.4) is 0 Å². The van der Waals surface area contributed by atoms with Crippen molar-refractivity contribution in [1.82, 2.24) is 4.90 Å². The monoisotopic (exact) mass is 354 g/mol. The minimum absolute atomic E-state index is 0.00519. The molecule has 0 aromatic heterocycles. The Morgan fingerprint density at radius 1 is 1.25 bits per heavy atom. The molecule has 0 saturated carbocycles. The molecule has 2 fully saturated rings. The van der Waals surface area contributed by atoms with Crippen LogP contribution in [0.1, 0.15) is 24.8 Å². The van der Waals surface area contributed by atoms with Gasteiger partial charge in [-0.3, -0.25) is 15.0 Å². The molecule has 1 aromatic carbocycles. The SMILES string of the molecule is O=[N+]([O-])c1ccc(CN(C[C@@H]2CCCO2)[C@@H]2CCS(=O)(=O)C2)cc1. The lowest BCUT2D eigenvalue weighted by molar-refractivity contribution is -0.384. The van der Waals surface area contributed by atoms with Gasteiger partial charge in [-0.2, -0.15) is 0 Å². The highest BCUT2D eigenvalue weighted by atomic mass is 32.2. The lowest BCUT2D eigenvalue weighted by atomic mass is 10.1. The van der Waals surface area contributed by atoms with Crippen LogP contribution in [-0.2, 0) is 21.1 Å². The van der Waals surface area contributed by atoms with Gasteiger partial charge in [0.15, 0.2) is 9.84 Å². The summed E-state index contributed by atoms with van der Waals surface area (Å²) in [6, 6.07) is 6.46. The van der Waals surface area contributed by atoms with Gasteiger partial charge in [-0.25, -0.2) is 8.42 Å². The largest absolute Gasteiger partial charge is 0.377 e. The number of rotatable bonds is 6. The van der Waals surface area contributed by atoms with Crippen LogP contribution < -0.4 is 0 Å². The van der Waals surface area contributed by atoms with Crippen LogP contribution in [0.25, 0.3) is 0 Å². The lowest BCUT2D eigenvalue weighted by Gasteiger charge is -2.30. The Hall–Kier alpha value is -1.51. The second kappa shape index (κ2) is 7.16. The van der Waals surface area contributed by atoms with Crippen molar-refractivity contribution in [2.75, 3.05) is 24.7 Å². The zero-order valence-electron chi connectivity index (χ0n) is 13.5. The summed E-state index contributed by atoms with van der Waals surface area (Å²) in [5.74, 6) is 0.423. The van der Waals surface area contributed by atoms with E-state index in [-0.39, 0.29) is 29.3 Å².